The molecule has 1 aliphatic carbocycles. The van der Waals surface area contributed by atoms with Gasteiger partial charge in [-0.05, 0) is 69.9 Å². The second kappa shape index (κ2) is 10.7. The third-order valence-electron chi connectivity index (χ3n) is 6.04. The minimum atomic E-state index is -0.568. The van der Waals surface area contributed by atoms with Gasteiger partial charge in [0.15, 0.2) is 0 Å². The fourth-order valence-electron chi connectivity index (χ4n) is 4.20. The first-order valence-corrected chi connectivity index (χ1v) is 12.8. The Morgan fingerprint density at radius 3 is 2.86 bits per heavy atom. The largest absolute Gasteiger partial charge is 0.490 e. The minimum absolute atomic E-state index is 0.0332. The Morgan fingerprint density at radius 2 is 2.14 bits per heavy atom. The third-order valence-corrected chi connectivity index (χ3v) is 7.36. The average Bonchev–Trinajstić information content (AvgIpc) is 3.51. The molecule has 1 unspecified atom stereocenters. The van der Waals surface area contributed by atoms with E-state index < -0.39 is 5.41 Å². The molecule has 9 heteroatoms. The van der Waals surface area contributed by atoms with Crippen molar-refractivity contribution >= 4 is 17.9 Å². The first kappa shape index (κ1) is 25.7. The summed E-state index contributed by atoms with van der Waals surface area (Å²) in [6, 6.07) is 13.7. The predicted octanol–water partition coefficient (Wildman–Crippen LogP) is 5.49. The van der Waals surface area contributed by atoms with Crippen molar-refractivity contribution in [3.63, 3.8) is 0 Å². The number of fused-ring (bicyclic) bond motifs is 1. The van der Waals surface area contributed by atoms with Crippen LogP contribution in [0.2, 0.25) is 0 Å². The summed E-state index contributed by atoms with van der Waals surface area (Å²) in [6.45, 7) is 7.60. The molecule has 0 amide bonds. The molecule has 8 nitrogen and oxygen atoms in total. The van der Waals surface area contributed by atoms with E-state index in [2.05, 4.69) is 27.0 Å². The van der Waals surface area contributed by atoms with Crippen LogP contribution in [0.4, 0.5) is 0 Å². The molecule has 0 bridgehead atoms. The number of hydrogen-bond acceptors (Lipinski definition) is 9. The Labute approximate surface area is 215 Å². The van der Waals surface area contributed by atoms with Gasteiger partial charge in [0.2, 0.25) is 5.82 Å². The molecule has 36 heavy (non-hydrogen) atoms. The lowest BCUT2D eigenvalue weighted by Crippen LogP contribution is -2.29. The van der Waals surface area contributed by atoms with Gasteiger partial charge in [-0.15, -0.1) is 0 Å². The number of carbonyl (C=O) groups excluding carboxylic acids is 1. The Kier molecular flexibility index (Phi) is 7.67. The lowest BCUT2D eigenvalue weighted by Gasteiger charge is -2.22. The molecular weight excluding hydrogens is 476 g/mol. The molecule has 0 fully saturated rings. The number of nitriles is 1. The van der Waals surface area contributed by atoms with Crippen molar-refractivity contribution < 1.29 is 18.8 Å². The Balaban J connectivity index is 1.51. The molecule has 2 aromatic carbocycles. The maximum absolute atomic E-state index is 12.0. The van der Waals surface area contributed by atoms with E-state index in [1.807, 2.05) is 45.9 Å². The predicted molar refractivity (Wildman–Crippen MR) is 138 cm³/mol. The number of aromatic nitrogens is 2. The molecule has 3 aromatic rings. The van der Waals surface area contributed by atoms with Crippen LogP contribution in [0, 0.1) is 16.7 Å². The molecule has 0 saturated heterocycles. The number of nitrogens with one attached hydrogen (secondary N) is 1. The number of ether oxygens (including phenoxy) is 2. The number of carbonyl (C=O) groups is 1. The number of benzene rings is 2. The monoisotopic (exact) mass is 506 g/mol. The molecule has 188 valence electrons. The molecule has 4 rings (SSSR count). The molecule has 0 saturated carbocycles. The molecule has 1 atom stereocenters. The molecule has 0 radical (unpaired) electrons. The Hall–Kier alpha value is -3.35. The molecule has 0 spiro atoms. The maximum atomic E-state index is 12.0. The first-order valence-electron chi connectivity index (χ1n) is 11.9. The van der Waals surface area contributed by atoms with Crippen LogP contribution < -0.4 is 9.46 Å². The van der Waals surface area contributed by atoms with Crippen LogP contribution in [0.25, 0.3) is 22.8 Å². The van der Waals surface area contributed by atoms with E-state index in [4.69, 9.17) is 14.0 Å². The summed E-state index contributed by atoms with van der Waals surface area (Å²) in [6.07, 6.45) is 1.79. The molecule has 1 aromatic heterocycles. The molecule has 1 heterocycles. The van der Waals surface area contributed by atoms with E-state index in [-0.39, 0.29) is 18.1 Å². The second-order valence-corrected chi connectivity index (χ2v) is 10.5. The molecule has 1 aliphatic rings. The van der Waals surface area contributed by atoms with E-state index in [1.54, 1.807) is 12.1 Å². The van der Waals surface area contributed by atoms with Crippen molar-refractivity contribution in [2.24, 2.45) is 5.41 Å². The van der Waals surface area contributed by atoms with Crippen LogP contribution in [-0.2, 0) is 16.0 Å². The standard InChI is InChI=1S/C27H30N4O4S/c1-16(2)34-23-12-9-17(13-18(23)14-28)25-29-24(30-35-25)21-8-6-7-20-19(21)10-11-22(20)31-36-15-27(3,4)26(32)33-5/h6-9,12-13,16,22,31H,10-11,15H2,1-5H3. The summed E-state index contributed by atoms with van der Waals surface area (Å²) in [5.74, 6) is 1.78. The maximum Gasteiger partial charge on any atom is 0.312 e. The van der Waals surface area contributed by atoms with E-state index in [9.17, 15) is 10.1 Å². The first-order chi connectivity index (χ1) is 17.2. The highest BCUT2D eigenvalue weighted by atomic mass is 32.2. The van der Waals surface area contributed by atoms with Crippen molar-refractivity contribution in [3.05, 3.63) is 53.1 Å². The zero-order chi connectivity index (χ0) is 25.9. The van der Waals surface area contributed by atoms with Crippen LogP contribution in [-0.4, -0.2) is 35.1 Å². The number of methoxy groups -OCH3 is 1. The van der Waals surface area contributed by atoms with Gasteiger partial charge in [0, 0.05) is 22.9 Å². The minimum Gasteiger partial charge on any atom is -0.490 e. The Morgan fingerprint density at radius 1 is 1.33 bits per heavy atom. The van der Waals surface area contributed by atoms with E-state index in [0.29, 0.717) is 34.3 Å². The number of rotatable bonds is 9. The fraction of sp³-hybridized carbons (Fsp3) is 0.407. The van der Waals surface area contributed by atoms with Crippen molar-refractivity contribution in [2.75, 3.05) is 12.9 Å². The summed E-state index contributed by atoms with van der Waals surface area (Å²) in [5.41, 5.74) is 3.84. The SMILES string of the molecule is COC(=O)C(C)(C)CSNC1CCc2c(-c3noc(-c4ccc(OC(C)C)c(C#N)c4)n3)cccc21. The van der Waals surface area contributed by atoms with E-state index in [1.165, 1.54) is 30.2 Å². The van der Waals surface area contributed by atoms with Gasteiger partial charge < -0.3 is 14.0 Å². The molecular formula is C27H30N4O4S. The third kappa shape index (κ3) is 5.40. The summed E-state index contributed by atoms with van der Waals surface area (Å²) in [5, 5.41) is 13.8. The van der Waals surface area contributed by atoms with Gasteiger partial charge in [0.25, 0.3) is 5.89 Å². The van der Waals surface area contributed by atoms with Gasteiger partial charge in [0.05, 0.1) is 24.2 Å². The van der Waals surface area contributed by atoms with Crippen molar-refractivity contribution in [1.82, 2.24) is 14.9 Å². The zero-order valence-corrected chi connectivity index (χ0v) is 21.9. The van der Waals surface area contributed by atoms with Crippen LogP contribution in [0.15, 0.2) is 40.9 Å². The quantitative estimate of drug-likeness (QED) is 0.298. The zero-order valence-electron chi connectivity index (χ0n) is 21.1. The van der Waals surface area contributed by atoms with Gasteiger partial charge in [-0.3, -0.25) is 9.52 Å². The van der Waals surface area contributed by atoms with E-state index >= 15 is 0 Å². The Bertz CT molecular complexity index is 1300. The number of nitrogens with zero attached hydrogens (tertiary/aromatic N) is 3. The van der Waals surface area contributed by atoms with Crippen molar-refractivity contribution in [3.8, 4) is 34.7 Å². The summed E-state index contributed by atoms with van der Waals surface area (Å²) < 4.78 is 19.7. The molecule has 0 aliphatic heterocycles. The highest BCUT2D eigenvalue weighted by Gasteiger charge is 2.31. The lowest BCUT2D eigenvalue weighted by atomic mass is 9.97. The van der Waals surface area contributed by atoms with Crippen LogP contribution in [0.5, 0.6) is 5.75 Å². The highest BCUT2D eigenvalue weighted by Crippen LogP contribution is 2.39. The van der Waals surface area contributed by atoms with Gasteiger partial charge >= 0.3 is 5.97 Å². The average molecular weight is 507 g/mol. The van der Waals surface area contributed by atoms with E-state index in [0.717, 1.165) is 18.4 Å². The lowest BCUT2D eigenvalue weighted by molar-refractivity contribution is -0.149. The number of hydrogen-bond donors (Lipinski definition) is 1. The normalized spacial score (nSPS) is 15.0. The molecule has 1 N–H and O–H groups in total. The fourth-order valence-corrected chi connectivity index (χ4v) is 5.21. The summed E-state index contributed by atoms with van der Waals surface area (Å²) >= 11 is 1.54. The van der Waals surface area contributed by atoms with Gasteiger partial charge in [0.1, 0.15) is 11.8 Å². The second-order valence-electron chi connectivity index (χ2n) is 9.66. The number of esters is 1. The topological polar surface area (TPSA) is 110 Å². The smallest absolute Gasteiger partial charge is 0.312 e. The van der Waals surface area contributed by atoms with Gasteiger partial charge in [-0.1, -0.05) is 35.3 Å². The van der Waals surface area contributed by atoms with Crippen LogP contribution in [0.3, 0.4) is 0 Å². The van der Waals surface area contributed by atoms with Gasteiger partial charge in [-0.2, -0.15) is 10.2 Å². The summed E-state index contributed by atoms with van der Waals surface area (Å²) in [7, 11) is 1.42. The van der Waals surface area contributed by atoms with Crippen molar-refractivity contribution in [1.29, 1.82) is 5.26 Å². The summed E-state index contributed by atoms with van der Waals surface area (Å²) in [4.78, 5) is 16.6. The van der Waals surface area contributed by atoms with Crippen molar-refractivity contribution in [2.45, 2.75) is 52.7 Å². The van der Waals surface area contributed by atoms with Crippen LogP contribution >= 0.6 is 11.9 Å². The van der Waals surface area contributed by atoms with Gasteiger partial charge in [-0.25, -0.2) is 0 Å². The van der Waals surface area contributed by atoms with Crippen LogP contribution in [0.1, 0.15) is 56.8 Å². The highest BCUT2D eigenvalue weighted by molar-refractivity contribution is 7.97.